The molecular formula is C20H18F2N4O2. The summed E-state index contributed by atoms with van der Waals surface area (Å²) in [6.07, 6.45) is -0.364. The molecule has 1 aliphatic heterocycles. The molecule has 0 saturated carbocycles. The number of amides is 1. The highest BCUT2D eigenvalue weighted by Gasteiger charge is 2.27. The average molecular weight is 384 g/mol. The van der Waals surface area contributed by atoms with Crippen LogP contribution in [0.4, 0.5) is 8.78 Å². The molecule has 3 aromatic rings. The average Bonchev–Trinajstić information content (AvgIpc) is 3.15. The highest BCUT2D eigenvalue weighted by atomic mass is 19.1. The molecular weight excluding hydrogens is 366 g/mol. The van der Waals surface area contributed by atoms with Crippen LogP contribution in [0.1, 0.15) is 22.2 Å². The van der Waals surface area contributed by atoms with Crippen molar-refractivity contribution in [2.24, 2.45) is 0 Å². The summed E-state index contributed by atoms with van der Waals surface area (Å²) in [5.74, 6) is -0.782. The Morgan fingerprint density at radius 2 is 2.11 bits per heavy atom. The smallest absolute Gasteiger partial charge is 0.269 e. The fourth-order valence-electron chi connectivity index (χ4n) is 3.14. The summed E-state index contributed by atoms with van der Waals surface area (Å²) < 4.78 is 33.8. The van der Waals surface area contributed by atoms with Crippen LogP contribution < -0.4 is 15.4 Å². The third kappa shape index (κ3) is 3.46. The second kappa shape index (κ2) is 7.40. The lowest BCUT2D eigenvalue weighted by Gasteiger charge is -2.26. The quantitative estimate of drug-likeness (QED) is 0.710. The fraction of sp³-hybridized carbons (Fsp3) is 0.200. The van der Waals surface area contributed by atoms with Crippen LogP contribution in [-0.4, -0.2) is 29.3 Å². The molecule has 28 heavy (non-hydrogen) atoms. The Morgan fingerprint density at radius 3 is 2.89 bits per heavy atom. The summed E-state index contributed by atoms with van der Waals surface area (Å²) in [5.41, 5.74) is 2.18. The van der Waals surface area contributed by atoms with Crippen molar-refractivity contribution in [2.45, 2.75) is 12.7 Å². The van der Waals surface area contributed by atoms with Crippen LogP contribution in [0, 0.1) is 11.6 Å². The standard InChI is InChI=1S/C20H18F2N4O2/c1-28-15-4-2-3-12(7-15)17-9-18-20(27)24-11-19(26(18)25-17)23-10-13-5-6-14(21)8-16(13)22/h2-9,19,23H,10-11H2,1H3,(H,24,27)/t19-/m0/s1. The molecule has 8 heteroatoms. The molecule has 2 aromatic carbocycles. The molecule has 0 saturated heterocycles. The fourth-order valence-corrected chi connectivity index (χ4v) is 3.14. The number of aromatic nitrogens is 2. The predicted octanol–water partition coefficient (Wildman–Crippen LogP) is 2.87. The molecule has 4 rings (SSSR count). The number of fused-ring (bicyclic) bond motifs is 1. The van der Waals surface area contributed by atoms with E-state index in [1.165, 1.54) is 12.1 Å². The molecule has 0 spiro atoms. The molecule has 1 aromatic heterocycles. The maximum Gasteiger partial charge on any atom is 0.269 e. The minimum Gasteiger partial charge on any atom is -0.497 e. The van der Waals surface area contributed by atoms with E-state index in [0.29, 0.717) is 29.2 Å². The van der Waals surface area contributed by atoms with Gasteiger partial charge >= 0.3 is 0 Å². The topological polar surface area (TPSA) is 68.2 Å². The van der Waals surface area contributed by atoms with Gasteiger partial charge in [0, 0.05) is 23.7 Å². The molecule has 0 fully saturated rings. The monoisotopic (exact) mass is 384 g/mol. The van der Waals surface area contributed by atoms with Crippen molar-refractivity contribution >= 4 is 5.91 Å². The van der Waals surface area contributed by atoms with Gasteiger partial charge in [-0.3, -0.25) is 10.1 Å². The lowest BCUT2D eigenvalue weighted by atomic mass is 10.1. The number of hydrogen-bond donors (Lipinski definition) is 2. The van der Waals surface area contributed by atoms with E-state index in [9.17, 15) is 13.6 Å². The second-order valence-corrected chi connectivity index (χ2v) is 6.43. The Labute approximate surface area is 160 Å². The predicted molar refractivity (Wildman–Crippen MR) is 98.8 cm³/mol. The van der Waals surface area contributed by atoms with E-state index in [0.717, 1.165) is 11.6 Å². The van der Waals surface area contributed by atoms with Crippen molar-refractivity contribution in [1.82, 2.24) is 20.4 Å². The molecule has 144 valence electrons. The first kappa shape index (κ1) is 18.1. The maximum atomic E-state index is 13.9. The zero-order chi connectivity index (χ0) is 19.7. The minimum atomic E-state index is -0.622. The van der Waals surface area contributed by atoms with E-state index >= 15 is 0 Å². The first-order valence-corrected chi connectivity index (χ1v) is 8.74. The van der Waals surface area contributed by atoms with Gasteiger partial charge in [-0.05, 0) is 24.3 Å². The number of nitrogens with one attached hydrogen (secondary N) is 2. The Morgan fingerprint density at radius 1 is 1.25 bits per heavy atom. The van der Waals surface area contributed by atoms with Gasteiger partial charge in [-0.2, -0.15) is 5.10 Å². The van der Waals surface area contributed by atoms with Crippen LogP contribution in [0.15, 0.2) is 48.5 Å². The largest absolute Gasteiger partial charge is 0.497 e. The number of nitrogens with zero attached hydrogens (tertiary/aromatic N) is 2. The van der Waals surface area contributed by atoms with Gasteiger partial charge in [0.2, 0.25) is 0 Å². The molecule has 1 aliphatic rings. The van der Waals surface area contributed by atoms with Gasteiger partial charge in [-0.25, -0.2) is 13.5 Å². The number of methoxy groups -OCH3 is 1. The maximum absolute atomic E-state index is 13.9. The van der Waals surface area contributed by atoms with E-state index in [2.05, 4.69) is 15.7 Å². The second-order valence-electron chi connectivity index (χ2n) is 6.43. The van der Waals surface area contributed by atoms with Crippen molar-refractivity contribution in [3.8, 4) is 17.0 Å². The normalized spacial score (nSPS) is 15.8. The van der Waals surface area contributed by atoms with Crippen LogP contribution in [0.3, 0.4) is 0 Å². The summed E-state index contributed by atoms with van der Waals surface area (Å²) in [6.45, 7) is 0.467. The molecule has 0 unspecified atom stereocenters. The highest BCUT2D eigenvalue weighted by molar-refractivity contribution is 5.94. The molecule has 0 radical (unpaired) electrons. The van der Waals surface area contributed by atoms with Gasteiger partial charge in [0.05, 0.1) is 19.3 Å². The zero-order valence-corrected chi connectivity index (χ0v) is 15.1. The zero-order valence-electron chi connectivity index (χ0n) is 15.1. The first-order chi connectivity index (χ1) is 13.5. The lowest BCUT2D eigenvalue weighted by Crippen LogP contribution is -2.45. The molecule has 6 nitrogen and oxygen atoms in total. The number of benzene rings is 2. The number of carbonyl (C=O) groups is 1. The number of rotatable bonds is 5. The van der Waals surface area contributed by atoms with Crippen molar-refractivity contribution in [1.29, 1.82) is 0 Å². The summed E-state index contributed by atoms with van der Waals surface area (Å²) in [6, 6.07) is 12.5. The Kier molecular flexibility index (Phi) is 4.79. The molecule has 2 heterocycles. The lowest BCUT2D eigenvalue weighted by molar-refractivity contribution is 0.0900. The highest BCUT2D eigenvalue weighted by Crippen LogP contribution is 2.26. The van der Waals surface area contributed by atoms with E-state index in [-0.39, 0.29) is 18.6 Å². The third-order valence-electron chi connectivity index (χ3n) is 4.63. The van der Waals surface area contributed by atoms with Crippen LogP contribution in [0.2, 0.25) is 0 Å². The van der Waals surface area contributed by atoms with Crippen molar-refractivity contribution in [2.75, 3.05) is 13.7 Å². The van der Waals surface area contributed by atoms with Gasteiger partial charge in [0.1, 0.15) is 29.2 Å². The minimum absolute atomic E-state index is 0.167. The van der Waals surface area contributed by atoms with Gasteiger partial charge in [-0.1, -0.05) is 18.2 Å². The van der Waals surface area contributed by atoms with Gasteiger partial charge < -0.3 is 10.1 Å². The van der Waals surface area contributed by atoms with Gasteiger partial charge in [0.25, 0.3) is 5.91 Å². The summed E-state index contributed by atoms with van der Waals surface area (Å²) in [4.78, 5) is 12.2. The van der Waals surface area contributed by atoms with E-state index in [1.807, 2.05) is 24.3 Å². The van der Waals surface area contributed by atoms with E-state index < -0.39 is 11.6 Å². The van der Waals surface area contributed by atoms with Crippen molar-refractivity contribution in [3.63, 3.8) is 0 Å². The SMILES string of the molecule is COc1cccc(-c2cc3n(n2)[C@H](NCc2ccc(F)cc2F)CNC3=O)c1. The third-order valence-corrected chi connectivity index (χ3v) is 4.63. The van der Waals surface area contributed by atoms with Gasteiger partial charge in [0.15, 0.2) is 0 Å². The number of hydrogen-bond acceptors (Lipinski definition) is 4. The van der Waals surface area contributed by atoms with E-state index in [1.54, 1.807) is 17.9 Å². The van der Waals surface area contributed by atoms with Crippen molar-refractivity contribution in [3.05, 3.63) is 71.4 Å². The summed E-state index contributed by atoms with van der Waals surface area (Å²) >= 11 is 0. The molecule has 2 N–H and O–H groups in total. The number of carbonyl (C=O) groups excluding carboxylic acids is 1. The van der Waals surface area contributed by atoms with Crippen LogP contribution in [0.25, 0.3) is 11.3 Å². The van der Waals surface area contributed by atoms with Crippen LogP contribution in [0.5, 0.6) is 5.75 Å². The number of halogens is 2. The molecule has 0 bridgehead atoms. The van der Waals surface area contributed by atoms with E-state index in [4.69, 9.17) is 4.74 Å². The van der Waals surface area contributed by atoms with Gasteiger partial charge in [-0.15, -0.1) is 0 Å². The molecule has 0 aliphatic carbocycles. The first-order valence-electron chi connectivity index (χ1n) is 8.74. The summed E-state index contributed by atoms with van der Waals surface area (Å²) in [5, 5.41) is 10.5. The Balaban J connectivity index is 1.60. The molecule has 1 atom stereocenters. The number of ether oxygens (including phenoxy) is 1. The van der Waals surface area contributed by atoms with Crippen LogP contribution in [-0.2, 0) is 6.54 Å². The van der Waals surface area contributed by atoms with Crippen LogP contribution >= 0.6 is 0 Å². The Bertz CT molecular complexity index is 1030. The molecule has 1 amide bonds. The summed E-state index contributed by atoms with van der Waals surface area (Å²) in [7, 11) is 1.58. The Hall–Kier alpha value is -3.26. The van der Waals surface area contributed by atoms with Crippen molar-refractivity contribution < 1.29 is 18.3 Å².